The van der Waals surface area contributed by atoms with Crippen molar-refractivity contribution in [2.24, 2.45) is 5.92 Å². The number of hydrogen-bond acceptors (Lipinski definition) is 6. The lowest BCUT2D eigenvalue weighted by Crippen LogP contribution is -2.26. The Kier molecular flexibility index (Phi) is 5.62. The van der Waals surface area contributed by atoms with Gasteiger partial charge in [-0.25, -0.2) is 9.97 Å². The zero-order chi connectivity index (χ0) is 21.9. The smallest absolute Gasteiger partial charge is 0.272 e. The molecule has 0 atom stereocenters. The maximum Gasteiger partial charge on any atom is 0.272 e. The van der Waals surface area contributed by atoms with E-state index in [-0.39, 0.29) is 18.4 Å². The van der Waals surface area contributed by atoms with Crippen molar-refractivity contribution in [1.29, 1.82) is 0 Å². The Morgan fingerprint density at radius 2 is 2.06 bits per heavy atom. The van der Waals surface area contributed by atoms with Crippen LogP contribution in [0.1, 0.15) is 48.2 Å². The second-order valence-electron chi connectivity index (χ2n) is 8.38. The van der Waals surface area contributed by atoms with Crippen LogP contribution in [0.15, 0.2) is 30.7 Å². The number of amides is 2. The lowest BCUT2D eigenvalue weighted by molar-refractivity contribution is -0.118. The van der Waals surface area contributed by atoms with Crippen LogP contribution < -0.4 is 20.7 Å². The highest BCUT2D eigenvalue weighted by Gasteiger charge is 2.19. The highest BCUT2D eigenvalue weighted by molar-refractivity contribution is 6.05. The maximum absolute atomic E-state index is 12.9. The normalized spacial score (nSPS) is 16.2. The van der Waals surface area contributed by atoms with Gasteiger partial charge in [-0.15, -0.1) is 0 Å². The van der Waals surface area contributed by atoms with E-state index < -0.39 is 0 Å². The molecule has 9 heteroatoms. The molecule has 9 nitrogen and oxygen atoms in total. The van der Waals surface area contributed by atoms with Crippen LogP contribution in [-0.2, 0) is 11.3 Å². The van der Waals surface area contributed by atoms with Crippen LogP contribution in [0, 0.1) is 5.92 Å². The van der Waals surface area contributed by atoms with Gasteiger partial charge in [0.25, 0.3) is 11.8 Å². The minimum atomic E-state index is -0.295. The Morgan fingerprint density at radius 3 is 2.94 bits per heavy atom. The van der Waals surface area contributed by atoms with Crippen LogP contribution in [0.3, 0.4) is 0 Å². The SMILES string of the molecule is O=C1COc2ccc(CNC(=O)c3ncnc4c(NCC5CCCCC5)c[nH]c34)cc2N1. The van der Waals surface area contributed by atoms with E-state index in [1.54, 1.807) is 12.1 Å². The number of ether oxygens (including phenoxy) is 1. The Hall–Kier alpha value is -3.62. The van der Waals surface area contributed by atoms with Crippen LogP contribution in [-0.4, -0.2) is 39.9 Å². The molecule has 1 aliphatic carbocycles. The lowest BCUT2D eigenvalue weighted by atomic mass is 9.89. The molecule has 32 heavy (non-hydrogen) atoms. The number of rotatable bonds is 6. The van der Waals surface area contributed by atoms with Gasteiger partial charge in [-0.3, -0.25) is 9.59 Å². The molecular formula is C23H26N6O3. The molecule has 1 saturated carbocycles. The number of anilines is 2. The molecule has 3 aromatic rings. The molecule has 1 aromatic carbocycles. The molecular weight excluding hydrogens is 408 g/mol. The Balaban J connectivity index is 1.26. The van der Waals surface area contributed by atoms with E-state index in [1.807, 2.05) is 12.3 Å². The number of nitrogens with one attached hydrogen (secondary N) is 4. The van der Waals surface area contributed by atoms with Crippen molar-refractivity contribution >= 4 is 34.2 Å². The lowest BCUT2D eigenvalue weighted by Gasteiger charge is -2.21. The van der Waals surface area contributed by atoms with E-state index in [0.29, 0.717) is 35.1 Å². The molecule has 0 bridgehead atoms. The number of benzene rings is 1. The van der Waals surface area contributed by atoms with Crippen molar-refractivity contribution in [2.75, 3.05) is 23.8 Å². The van der Waals surface area contributed by atoms with E-state index in [9.17, 15) is 9.59 Å². The van der Waals surface area contributed by atoms with Crippen molar-refractivity contribution in [3.63, 3.8) is 0 Å². The number of H-pyrrole nitrogens is 1. The molecule has 4 N–H and O–H groups in total. The van der Waals surface area contributed by atoms with Crippen LogP contribution in [0.4, 0.5) is 11.4 Å². The molecule has 0 unspecified atom stereocenters. The van der Waals surface area contributed by atoms with E-state index in [4.69, 9.17) is 4.74 Å². The van der Waals surface area contributed by atoms with Crippen molar-refractivity contribution in [3.05, 3.63) is 42.0 Å². The second-order valence-corrected chi connectivity index (χ2v) is 8.38. The molecule has 1 fully saturated rings. The molecule has 0 saturated heterocycles. The summed E-state index contributed by atoms with van der Waals surface area (Å²) >= 11 is 0. The van der Waals surface area contributed by atoms with Crippen LogP contribution in [0.25, 0.3) is 11.0 Å². The number of carbonyl (C=O) groups excluding carboxylic acids is 2. The third-order valence-corrected chi connectivity index (χ3v) is 6.11. The third kappa shape index (κ3) is 4.23. The highest BCUT2D eigenvalue weighted by Crippen LogP contribution is 2.29. The predicted octanol–water partition coefficient (Wildman–Crippen LogP) is 3.21. The van der Waals surface area contributed by atoms with Crippen LogP contribution in [0.5, 0.6) is 5.75 Å². The topological polar surface area (TPSA) is 121 Å². The summed E-state index contributed by atoms with van der Waals surface area (Å²) in [5.74, 6) is 0.819. The van der Waals surface area contributed by atoms with Gasteiger partial charge in [0.1, 0.15) is 17.6 Å². The quantitative estimate of drug-likeness (QED) is 0.473. The third-order valence-electron chi connectivity index (χ3n) is 6.11. The van der Waals surface area contributed by atoms with Crippen LogP contribution >= 0.6 is 0 Å². The number of nitrogens with zero attached hydrogens (tertiary/aromatic N) is 2. The summed E-state index contributed by atoms with van der Waals surface area (Å²) in [6, 6.07) is 5.44. The van der Waals surface area contributed by atoms with Gasteiger partial charge < -0.3 is 25.7 Å². The molecule has 2 amide bonds. The van der Waals surface area contributed by atoms with Crippen molar-refractivity contribution < 1.29 is 14.3 Å². The molecule has 1 aliphatic heterocycles. The van der Waals surface area contributed by atoms with Gasteiger partial charge >= 0.3 is 0 Å². The minimum absolute atomic E-state index is 0.0143. The Morgan fingerprint density at radius 1 is 1.19 bits per heavy atom. The fourth-order valence-electron chi connectivity index (χ4n) is 4.40. The second kappa shape index (κ2) is 8.86. The number of aromatic amines is 1. The van der Waals surface area contributed by atoms with Gasteiger partial charge in [0.15, 0.2) is 12.3 Å². The van der Waals surface area contributed by atoms with Gasteiger partial charge in [0.2, 0.25) is 0 Å². The first kappa shape index (κ1) is 20.3. The van der Waals surface area contributed by atoms with Gasteiger partial charge in [-0.05, 0) is 36.5 Å². The van der Waals surface area contributed by atoms with Crippen molar-refractivity contribution in [1.82, 2.24) is 20.3 Å². The largest absolute Gasteiger partial charge is 0.482 e. The summed E-state index contributed by atoms with van der Waals surface area (Å²) in [6.07, 6.45) is 9.73. The fourth-order valence-corrected chi connectivity index (χ4v) is 4.40. The van der Waals surface area contributed by atoms with Gasteiger partial charge in [0, 0.05) is 19.3 Å². The number of aromatic nitrogens is 3. The summed E-state index contributed by atoms with van der Waals surface area (Å²) in [5, 5.41) is 9.16. The summed E-state index contributed by atoms with van der Waals surface area (Å²) in [4.78, 5) is 36.1. The fraction of sp³-hybridized carbons (Fsp3) is 0.391. The first-order valence-electron chi connectivity index (χ1n) is 11.1. The molecule has 2 aromatic heterocycles. The maximum atomic E-state index is 12.9. The standard InChI is InChI=1S/C23H26N6O3/c30-19-12-32-18-7-6-15(8-16(18)29-19)10-26-23(31)22-21-20(27-13-28-22)17(11-25-21)24-9-14-4-2-1-3-5-14/h6-8,11,13-14,24-25H,1-5,9-10,12H2,(H,26,31)(H,29,30). The van der Waals surface area contributed by atoms with E-state index >= 15 is 0 Å². The first-order chi connectivity index (χ1) is 15.7. The number of hydrogen-bond donors (Lipinski definition) is 4. The monoisotopic (exact) mass is 434 g/mol. The molecule has 5 rings (SSSR count). The molecule has 0 radical (unpaired) electrons. The summed E-state index contributed by atoms with van der Waals surface area (Å²) in [6.45, 7) is 1.22. The van der Waals surface area contributed by atoms with Crippen molar-refractivity contribution in [2.45, 2.75) is 38.6 Å². The average molecular weight is 435 g/mol. The summed E-state index contributed by atoms with van der Waals surface area (Å²) < 4.78 is 5.37. The zero-order valence-electron chi connectivity index (χ0n) is 17.7. The highest BCUT2D eigenvalue weighted by atomic mass is 16.5. The van der Waals surface area contributed by atoms with Gasteiger partial charge in [0.05, 0.1) is 16.9 Å². The van der Waals surface area contributed by atoms with Crippen LogP contribution in [0.2, 0.25) is 0 Å². The molecule has 3 heterocycles. The van der Waals surface area contributed by atoms with E-state index in [2.05, 4.69) is 30.9 Å². The van der Waals surface area contributed by atoms with Crippen molar-refractivity contribution in [3.8, 4) is 5.75 Å². The molecule has 0 spiro atoms. The molecule has 166 valence electrons. The number of carbonyl (C=O) groups is 2. The van der Waals surface area contributed by atoms with E-state index in [1.165, 1.54) is 38.4 Å². The molecule has 2 aliphatic rings. The number of fused-ring (bicyclic) bond motifs is 2. The Labute approximate surface area is 185 Å². The van der Waals surface area contributed by atoms with E-state index in [0.717, 1.165) is 23.3 Å². The minimum Gasteiger partial charge on any atom is -0.482 e. The first-order valence-corrected chi connectivity index (χ1v) is 11.1. The average Bonchev–Trinajstić information content (AvgIpc) is 3.25. The van der Waals surface area contributed by atoms with Gasteiger partial charge in [-0.1, -0.05) is 25.3 Å². The zero-order valence-corrected chi connectivity index (χ0v) is 17.7. The summed E-state index contributed by atoms with van der Waals surface area (Å²) in [5.41, 5.74) is 3.98. The Bertz CT molecular complexity index is 1150. The summed E-state index contributed by atoms with van der Waals surface area (Å²) in [7, 11) is 0. The predicted molar refractivity (Wildman–Crippen MR) is 121 cm³/mol. The van der Waals surface area contributed by atoms with Gasteiger partial charge in [-0.2, -0.15) is 0 Å².